The SMILES string of the molecule is Cn1cc(-c2nnn3c2CO[C@H](CNCc2cccs2)C3)cn1. The third-order valence-corrected chi connectivity index (χ3v) is 4.78. The van der Waals surface area contributed by atoms with Crippen molar-refractivity contribution in [3.63, 3.8) is 0 Å². The predicted molar refractivity (Wildman–Crippen MR) is 86.8 cm³/mol. The molecule has 3 aromatic heterocycles. The second-order valence-electron chi connectivity index (χ2n) is 5.61. The molecule has 0 bridgehead atoms. The molecular formula is C15H18N6OS. The molecule has 8 heteroatoms. The van der Waals surface area contributed by atoms with E-state index in [1.807, 2.05) is 17.9 Å². The lowest BCUT2D eigenvalue weighted by molar-refractivity contribution is 0.00128. The molecule has 0 radical (unpaired) electrons. The molecule has 7 nitrogen and oxygen atoms in total. The van der Waals surface area contributed by atoms with E-state index in [1.54, 1.807) is 22.2 Å². The molecule has 0 aliphatic carbocycles. The molecule has 1 N–H and O–H groups in total. The molecule has 23 heavy (non-hydrogen) atoms. The van der Waals surface area contributed by atoms with E-state index < -0.39 is 0 Å². The summed E-state index contributed by atoms with van der Waals surface area (Å²) in [4.78, 5) is 1.33. The fourth-order valence-electron chi connectivity index (χ4n) is 2.73. The van der Waals surface area contributed by atoms with Gasteiger partial charge in [0.15, 0.2) is 0 Å². The van der Waals surface area contributed by atoms with E-state index in [9.17, 15) is 0 Å². The predicted octanol–water partition coefficient (Wildman–Crippen LogP) is 1.43. The molecule has 0 aromatic carbocycles. The summed E-state index contributed by atoms with van der Waals surface area (Å²) in [6.07, 6.45) is 3.87. The van der Waals surface area contributed by atoms with Crippen LogP contribution in [0.4, 0.5) is 0 Å². The highest BCUT2D eigenvalue weighted by Crippen LogP contribution is 2.24. The van der Waals surface area contributed by atoms with Crippen LogP contribution in [-0.2, 0) is 31.5 Å². The van der Waals surface area contributed by atoms with Crippen LogP contribution in [0.15, 0.2) is 29.9 Å². The van der Waals surface area contributed by atoms with E-state index >= 15 is 0 Å². The van der Waals surface area contributed by atoms with Gasteiger partial charge in [-0.05, 0) is 11.4 Å². The first-order chi connectivity index (χ1) is 11.3. The van der Waals surface area contributed by atoms with Gasteiger partial charge in [-0.1, -0.05) is 11.3 Å². The molecule has 0 spiro atoms. The smallest absolute Gasteiger partial charge is 0.121 e. The number of nitrogens with one attached hydrogen (secondary N) is 1. The van der Waals surface area contributed by atoms with E-state index in [1.165, 1.54) is 4.88 Å². The highest BCUT2D eigenvalue weighted by atomic mass is 32.1. The number of hydrogen-bond acceptors (Lipinski definition) is 6. The fraction of sp³-hybridized carbons (Fsp3) is 0.400. The molecule has 4 rings (SSSR count). The van der Waals surface area contributed by atoms with Gasteiger partial charge < -0.3 is 10.1 Å². The van der Waals surface area contributed by atoms with Crippen molar-refractivity contribution >= 4 is 11.3 Å². The molecule has 0 fully saturated rings. The minimum absolute atomic E-state index is 0.117. The molecule has 0 unspecified atom stereocenters. The molecule has 1 aliphatic heterocycles. The Bertz CT molecular complexity index is 778. The van der Waals surface area contributed by atoms with Crippen molar-refractivity contribution in [2.75, 3.05) is 6.54 Å². The lowest BCUT2D eigenvalue weighted by Gasteiger charge is -2.24. The molecule has 0 saturated heterocycles. The molecular weight excluding hydrogens is 312 g/mol. The standard InChI is InChI=1S/C15H18N6OS/c1-20-8-11(5-17-20)15-14-10-22-12(9-21(14)19-18-15)6-16-7-13-3-2-4-23-13/h2-5,8,12,16H,6-7,9-10H2,1H3/t12-/m1/s1. The number of nitrogens with zero attached hydrogens (tertiary/aromatic N) is 5. The quantitative estimate of drug-likeness (QED) is 0.766. The second kappa shape index (κ2) is 6.23. The highest BCUT2D eigenvalue weighted by Gasteiger charge is 2.24. The van der Waals surface area contributed by atoms with E-state index in [4.69, 9.17) is 4.74 Å². The molecule has 4 heterocycles. The van der Waals surface area contributed by atoms with Crippen LogP contribution in [0.5, 0.6) is 0 Å². The van der Waals surface area contributed by atoms with E-state index in [0.29, 0.717) is 6.61 Å². The van der Waals surface area contributed by atoms with Crippen molar-refractivity contribution in [2.24, 2.45) is 7.05 Å². The normalized spacial score (nSPS) is 17.3. The van der Waals surface area contributed by atoms with Gasteiger partial charge in [-0.3, -0.25) is 4.68 Å². The van der Waals surface area contributed by atoms with Gasteiger partial charge in [0.05, 0.1) is 31.1 Å². The maximum atomic E-state index is 5.96. The van der Waals surface area contributed by atoms with Crippen molar-refractivity contribution in [1.29, 1.82) is 0 Å². The van der Waals surface area contributed by atoms with Crippen LogP contribution in [0.25, 0.3) is 11.3 Å². The molecule has 1 atom stereocenters. The summed E-state index contributed by atoms with van der Waals surface area (Å²) >= 11 is 1.76. The van der Waals surface area contributed by atoms with Gasteiger partial charge in [0.1, 0.15) is 5.69 Å². The van der Waals surface area contributed by atoms with Crippen molar-refractivity contribution in [2.45, 2.75) is 25.8 Å². The average molecular weight is 330 g/mol. The van der Waals surface area contributed by atoms with Gasteiger partial charge in [-0.25, -0.2) is 4.68 Å². The van der Waals surface area contributed by atoms with Gasteiger partial charge in [0.25, 0.3) is 0 Å². The first kappa shape index (κ1) is 14.6. The fourth-order valence-corrected chi connectivity index (χ4v) is 3.40. The Morgan fingerprint density at radius 1 is 1.48 bits per heavy atom. The zero-order valence-corrected chi connectivity index (χ0v) is 13.7. The number of rotatable bonds is 5. The summed E-state index contributed by atoms with van der Waals surface area (Å²) in [5.41, 5.74) is 2.86. The lowest BCUT2D eigenvalue weighted by Crippen LogP contribution is -2.36. The lowest BCUT2D eigenvalue weighted by atomic mass is 10.2. The zero-order valence-electron chi connectivity index (χ0n) is 12.8. The van der Waals surface area contributed by atoms with Crippen LogP contribution in [0, 0.1) is 0 Å². The number of fused-ring (bicyclic) bond motifs is 1. The Hall–Kier alpha value is -2.03. The number of aromatic nitrogens is 5. The first-order valence-electron chi connectivity index (χ1n) is 7.55. The van der Waals surface area contributed by atoms with Crippen LogP contribution in [0.1, 0.15) is 10.6 Å². The monoisotopic (exact) mass is 330 g/mol. The Labute approximate surface area is 137 Å². The van der Waals surface area contributed by atoms with Gasteiger partial charge in [-0.15, -0.1) is 16.4 Å². The summed E-state index contributed by atoms with van der Waals surface area (Å²) in [6.45, 7) is 2.94. The largest absolute Gasteiger partial charge is 0.369 e. The van der Waals surface area contributed by atoms with Gasteiger partial charge in [0, 0.05) is 36.8 Å². The highest BCUT2D eigenvalue weighted by molar-refractivity contribution is 7.09. The van der Waals surface area contributed by atoms with Crippen molar-refractivity contribution in [1.82, 2.24) is 30.1 Å². The summed E-state index contributed by atoms with van der Waals surface area (Å²) in [5.74, 6) is 0. The summed E-state index contributed by atoms with van der Waals surface area (Å²) < 4.78 is 9.68. The minimum atomic E-state index is 0.117. The van der Waals surface area contributed by atoms with E-state index in [0.717, 1.165) is 36.6 Å². The Morgan fingerprint density at radius 2 is 2.43 bits per heavy atom. The summed E-state index contributed by atoms with van der Waals surface area (Å²) in [7, 11) is 1.89. The molecule has 3 aromatic rings. The molecule has 120 valence electrons. The van der Waals surface area contributed by atoms with Crippen molar-refractivity contribution < 1.29 is 4.74 Å². The number of thiophene rings is 1. The minimum Gasteiger partial charge on any atom is -0.369 e. The Morgan fingerprint density at radius 3 is 3.22 bits per heavy atom. The third-order valence-electron chi connectivity index (χ3n) is 3.90. The molecule has 0 amide bonds. The second-order valence-corrected chi connectivity index (χ2v) is 6.65. The maximum absolute atomic E-state index is 5.96. The Kier molecular flexibility index (Phi) is 3.94. The van der Waals surface area contributed by atoms with Crippen LogP contribution < -0.4 is 5.32 Å². The average Bonchev–Trinajstić information content (AvgIpc) is 3.27. The van der Waals surface area contributed by atoms with Crippen LogP contribution in [0.2, 0.25) is 0 Å². The van der Waals surface area contributed by atoms with E-state index in [2.05, 4.69) is 38.2 Å². The van der Waals surface area contributed by atoms with Gasteiger partial charge >= 0.3 is 0 Å². The Balaban J connectivity index is 1.39. The van der Waals surface area contributed by atoms with Gasteiger partial charge in [-0.2, -0.15) is 5.10 Å². The summed E-state index contributed by atoms with van der Waals surface area (Å²) in [6, 6.07) is 4.20. The van der Waals surface area contributed by atoms with Crippen LogP contribution in [-0.4, -0.2) is 37.4 Å². The topological polar surface area (TPSA) is 69.8 Å². The van der Waals surface area contributed by atoms with Crippen molar-refractivity contribution in [3.8, 4) is 11.3 Å². The van der Waals surface area contributed by atoms with E-state index in [-0.39, 0.29) is 6.10 Å². The third kappa shape index (κ3) is 3.05. The zero-order chi connectivity index (χ0) is 15.6. The maximum Gasteiger partial charge on any atom is 0.121 e. The number of aryl methyl sites for hydroxylation is 1. The van der Waals surface area contributed by atoms with Crippen LogP contribution in [0.3, 0.4) is 0 Å². The summed E-state index contributed by atoms with van der Waals surface area (Å²) in [5, 5.41) is 18.3. The number of hydrogen-bond donors (Lipinski definition) is 1. The molecule has 1 aliphatic rings. The first-order valence-corrected chi connectivity index (χ1v) is 8.43. The van der Waals surface area contributed by atoms with Crippen molar-refractivity contribution in [3.05, 3.63) is 40.5 Å². The molecule has 0 saturated carbocycles. The van der Waals surface area contributed by atoms with Gasteiger partial charge in [0.2, 0.25) is 0 Å². The van der Waals surface area contributed by atoms with Crippen LogP contribution >= 0.6 is 11.3 Å². The number of ether oxygens (including phenoxy) is 1.